The van der Waals surface area contributed by atoms with Gasteiger partial charge in [-0.2, -0.15) is 4.57 Å². The smallest absolute Gasteiger partial charge is 0.231 e. The average Bonchev–Trinajstić information content (AvgIpc) is 2.69. The first-order valence-electron chi connectivity index (χ1n) is 8.96. The maximum Gasteiger partial charge on any atom is 0.231 e. The minimum absolute atomic E-state index is 0.221. The summed E-state index contributed by atoms with van der Waals surface area (Å²) in [5.74, 6) is -0.273. The fourth-order valence-electron chi connectivity index (χ4n) is 2.94. The highest BCUT2D eigenvalue weighted by atomic mass is 16.5. The normalized spacial score (nSPS) is 11.1. The Labute approximate surface area is 164 Å². The number of aryl methyl sites for hydroxylation is 1. The van der Waals surface area contributed by atoms with Gasteiger partial charge in [-0.15, -0.1) is 0 Å². The number of benzene rings is 1. The van der Waals surface area contributed by atoms with E-state index in [1.807, 2.05) is 49.5 Å². The summed E-state index contributed by atoms with van der Waals surface area (Å²) < 4.78 is 7.16. The van der Waals surface area contributed by atoms with Crippen molar-refractivity contribution in [1.29, 1.82) is 0 Å². The van der Waals surface area contributed by atoms with Crippen LogP contribution in [0.5, 0.6) is 17.2 Å². The van der Waals surface area contributed by atoms with E-state index in [-0.39, 0.29) is 17.2 Å². The van der Waals surface area contributed by atoms with Crippen LogP contribution < -0.4 is 15.0 Å². The molecule has 0 aliphatic heterocycles. The van der Waals surface area contributed by atoms with Gasteiger partial charge in [-0.25, -0.2) is 4.98 Å². The van der Waals surface area contributed by atoms with Gasteiger partial charge in [0.05, 0.1) is 13.7 Å². The zero-order valence-electron chi connectivity index (χ0n) is 16.0. The van der Waals surface area contributed by atoms with Crippen molar-refractivity contribution in [3.63, 3.8) is 0 Å². The number of nitrogens with two attached hydrogens (primary N) is 1. The Hall–Kier alpha value is -3.38. The van der Waals surface area contributed by atoms with Gasteiger partial charge >= 0.3 is 0 Å². The van der Waals surface area contributed by atoms with Crippen molar-refractivity contribution in [3.05, 3.63) is 65.5 Å². The molecular formula is C22H24N3O3+. The highest BCUT2D eigenvalue weighted by Gasteiger charge is 2.14. The van der Waals surface area contributed by atoms with E-state index in [1.165, 1.54) is 13.2 Å². The van der Waals surface area contributed by atoms with Crippen molar-refractivity contribution in [2.24, 2.45) is 5.73 Å². The molecule has 0 aliphatic rings. The Morgan fingerprint density at radius 2 is 1.89 bits per heavy atom. The molecule has 0 amide bonds. The van der Waals surface area contributed by atoms with E-state index in [0.717, 1.165) is 22.5 Å². The van der Waals surface area contributed by atoms with Crippen LogP contribution in [0.25, 0.3) is 23.5 Å². The lowest BCUT2D eigenvalue weighted by molar-refractivity contribution is -0.683. The van der Waals surface area contributed by atoms with Crippen LogP contribution in [0.3, 0.4) is 0 Å². The summed E-state index contributed by atoms with van der Waals surface area (Å²) in [4.78, 5) is 4.49. The second kappa shape index (κ2) is 8.54. The molecule has 2 heterocycles. The first kappa shape index (κ1) is 19.4. The number of pyridine rings is 2. The SMILES string of the molecule is COc1cc(/C=C/c2cc[n+](CCN)c(-c3cc(C)ccn3)c2)cc(O)c1O. The van der Waals surface area contributed by atoms with Crippen LogP contribution >= 0.6 is 0 Å². The average molecular weight is 378 g/mol. The molecule has 0 aliphatic carbocycles. The molecule has 1 aromatic carbocycles. The Balaban J connectivity index is 1.98. The third-order valence-corrected chi connectivity index (χ3v) is 4.37. The van der Waals surface area contributed by atoms with Gasteiger partial charge in [-0.3, -0.25) is 0 Å². The van der Waals surface area contributed by atoms with Crippen LogP contribution in [-0.2, 0) is 6.54 Å². The largest absolute Gasteiger partial charge is 0.504 e. The van der Waals surface area contributed by atoms with Gasteiger partial charge in [-0.1, -0.05) is 12.2 Å². The molecule has 28 heavy (non-hydrogen) atoms. The Kier molecular flexibility index (Phi) is 5.91. The van der Waals surface area contributed by atoms with Crippen LogP contribution in [-0.4, -0.2) is 28.9 Å². The highest BCUT2D eigenvalue weighted by Crippen LogP contribution is 2.36. The molecule has 6 heteroatoms. The summed E-state index contributed by atoms with van der Waals surface area (Å²) in [7, 11) is 1.44. The van der Waals surface area contributed by atoms with Gasteiger partial charge in [-0.05, 0) is 47.9 Å². The predicted octanol–water partition coefficient (Wildman–Crippen LogP) is 2.89. The lowest BCUT2D eigenvalue weighted by Gasteiger charge is -2.07. The van der Waals surface area contributed by atoms with E-state index < -0.39 is 0 Å². The maximum atomic E-state index is 9.84. The van der Waals surface area contributed by atoms with Crippen molar-refractivity contribution in [2.75, 3.05) is 13.7 Å². The van der Waals surface area contributed by atoms with Crippen molar-refractivity contribution in [1.82, 2.24) is 4.98 Å². The summed E-state index contributed by atoms with van der Waals surface area (Å²) >= 11 is 0. The number of hydrogen-bond donors (Lipinski definition) is 3. The number of hydrogen-bond acceptors (Lipinski definition) is 5. The van der Waals surface area contributed by atoms with Crippen LogP contribution in [0.15, 0.2) is 48.8 Å². The first-order chi connectivity index (χ1) is 13.5. The molecule has 144 valence electrons. The second-order valence-corrected chi connectivity index (χ2v) is 6.47. The number of aromatic nitrogens is 2. The Morgan fingerprint density at radius 3 is 2.61 bits per heavy atom. The van der Waals surface area contributed by atoms with Crippen LogP contribution in [0, 0.1) is 6.92 Å². The minimum Gasteiger partial charge on any atom is -0.504 e. The van der Waals surface area contributed by atoms with E-state index in [4.69, 9.17) is 10.5 Å². The molecule has 0 unspecified atom stereocenters. The van der Waals surface area contributed by atoms with Gasteiger partial charge in [0.25, 0.3) is 0 Å². The minimum atomic E-state index is -0.269. The molecule has 3 aromatic rings. The predicted molar refractivity (Wildman–Crippen MR) is 109 cm³/mol. The monoisotopic (exact) mass is 378 g/mol. The number of rotatable bonds is 6. The van der Waals surface area contributed by atoms with Gasteiger partial charge in [0.2, 0.25) is 11.4 Å². The number of ether oxygens (including phenoxy) is 1. The summed E-state index contributed by atoms with van der Waals surface area (Å²) in [6.45, 7) is 3.26. The first-order valence-corrected chi connectivity index (χ1v) is 8.96. The third kappa shape index (κ3) is 4.29. The topological polar surface area (TPSA) is 92.5 Å². The molecule has 0 saturated carbocycles. The summed E-state index contributed by atoms with van der Waals surface area (Å²) in [5.41, 5.74) is 10.4. The molecular weight excluding hydrogens is 354 g/mol. The van der Waals surface area contributed by atoms with Crippen molar-refractivity contribution in [3.8, 4) is 28.6 Å². The van der Waals surface area contributed by atoms with Crippen molar-refractivity contribution < 1.29 is 19.5 Å². The number of aromatic hydroxyl groups is 2. The van der Waals surface area contributed by atoms with E-state index in [2.05, 4.69) is 9.55 Å². The van der Waals surface area contributed by atoms with E-state index in [0.29, 0.717) is 18.7 Å². The quantitative estimate of drug-likeness (QED) is 0.453. The zero-order valence-corrected chi connectivity index (χ0v) is 16.0. The van der Waals surface area contributed by atoms with E-state index >= 15 is 0 Å². The number of methoxy groups -OCH3 is 1. The molecule has 0 radical (unpaired) electrons. The highest BCUT2D eigenvalue weighted by molar-refractivity contribution is 5.73. The molecule has 6 nitrogen and oxygen atoms in total. The van der Waals surface area contributed by atoms with E-state index in [9.17, 15) is 10.2 Å². The van der Waals surface area contributed by atoms with Gasteiger partial charge in [0.1, 0.15) is 5.69 Å². The summed E-state index contributed by atoms with van der Waals surface area (Å²) in [5, 5.41) is 19.6. The van der Waals surface area contributed by atoms with E-state index in [1.54, 1.807) is 12.3 Å². The van der Waals surface area contributed by atoms with Gasteiger partial charge < -0.3 is 20.7 Å². The van der Waals surface area contributed by atoms with Crippen LogP contribution in [0.2, 0.25) is 0 Å². The molecule has 0 spiro atoms. The number of phenolic OH excluding ortho intramolecular Hbond substituents is 2. The molecule has 4 N–H and O–H groups in total. The van der Waals surface area contributed by atoms with Crippen molar-refractivity contribution in [2.45, 2.75) is 13.5 Å². The fourth-order valence-corrected chi connectivity index (χ4v) is 2.94. The molecule has 0 saturated heterocycles. The van der Waals surface area contributed by atoms with Crippen LogP contribution in [0.4, 0.5) is 0 Å². The number of nitrogens with zero attached hydrogens (tertiary/aromatic N) is 2. The fraction of sp³-hybridized carbons (Fsp3) is 0.182. The standard InChI is InChI=1S/C22H23N3O3/c1-15-5-8-24-18(11-15)19-12-16(6-9-25(19)10-7-23)3-4-17-13-20(26)22(27)21(14-17)28-2/h3-6,8-9,11-14H,7,10,23H2,1-2H3,(H,24,26)/p+1. The van der Waals surface area contributed by atoms with Gasteiger partial charge in [0.15, 0.2) is 24.2 Å². The van der Waals surface area contributed by atoms with Crippen molar-refractivity contribution >= 4 is 12.2 Å². The molecule has 0 bridgehead atoms. The molecule has 0 atom stereocenters. The lowest BCUT2D eigenvalue weighted by Crippen LogP contribution is -2.39. The molecule has 2 aromatic heterocycles. The van der Waals surface area contributed by atoms with Crippen LogP contribution in [0.1, 0.15) is 16.7 Å². The molecule has 3 rings (SSSR count). The summed E-state index contributed by atoms with van der Waals surface area (Å²) in [6.07, 6.45) is 7.56. The number of phenols is 2. The third-order valence-electron chi connectivity index (χ3n) is 4.37. The second-order valence-electron chi connectivity index (χ2n) is 6.47. The Morgan fingerprint density at radius 1 is 1.11 bits per heavy atom. The zero-order chi connectivity index (χ0) is 20.1. The summed E-state index contributed by atoms with van der Waals surface area (Å²) in [6, 6.07) is 11.2. The molecule has 0 fully saturated rings. The Bertz CT molecular complexity index is 1020. The lowest BCUT2D eigenvalue weighted by atomic mass is 10.1. The maximum absolute atomic E-state index is 9.84. The van der Waals surface area contributed by atoms with Gasteiger partial charge in [0, 0.05) is 18.3 Å².